The molecule has 2 amide bonds. The molecule has 1 aliphatic heterocycles. The predicted octanol–water partition coefficient (Wildman–Crippen LogP) is 3.83. The quantitative estimate of drug-likeness (QED) is 0.251. The molecular formula is C26H23ClN2O6S. The van der Waals surface area contributed by atoms with Crippen LogP contribution in [0.3, 0.4) is 0 Å². The van der Waals surface area contributed by atoms with E-state index in [-0.39, 0.29) is 29.3 Å². The second kappa shape index (κ2) is 10.6. The minimum atomic E-state index is -4.14. The summed E-state index contributed by atoms with van der Waals surface area (Å²) in [4.78, 5) is 38.5. The van der Waals surface area contributed by atoms with Gasteiger partial charge < -0.3 is 4.74 Å². The summed E-state index contributed by atoms with van der Waals surface area (Å²) in [5.74, 6) is -1.42. The summed E-state index contributed by atoms with van der Waals surface area (Å²) in [7, 11) is -4.14. The number of benzene rings is 3. The number of amides is 2. The number of ether oxygens (including phenoxy) is 1. The number of esters is 1. The van der Waals surface area contributed by atoms with Crippen LogP contribution in [-0.2, 0) is 30.8 Å². The SMILES string of the molecule is CC(=O)Oc1ccc(N2C(=O)CC(N(CCc3ccccc3)S(=O)(=O)c3ccc(Cl)cc3)C2=O)cc1. The summed E-state index contributed by atoms with van der Waals surface area (Å²) in [6, 6.07) is 19.6. The van der Waals surface area contributed by atoms with Gasteiger partial charge in [0.1, 0.15) is 11.8 Å². The van der Waals surface area contributed by atoms with Crippen molar-refractivity contribution in [3.05, 3.63) is 89.4 Å². The van der Waals surface area contributed by atoms with E-state index in [1.165, 1.54) is 55.5 Å². The van der Waals surface area contributed by atoms with E-state index < -0.39 is 33.8 Å². The number of rotatable bonds is 8. The Balaban J connectivity index is 1.65. The first-order valence-electron chi connectivity index (χ1n) is 11.1. The highest BCUT2D eigenvalue weighted by atomic mass is 35.5. The molecule has 1 unspecified atom stereocenters. The van der Waals surface area contributed by atoms with Gasteiger partial charge in [0, 0.05) is 18.5 Å². The van der Waals surface area contributed by atoms with Crippen molar-refractivity contribution in [2.24, 2.45) is 0 Å². The number of hydrogen-bond acceptors (Lipinski definition) is 6. The van der Waals surface area contributed by atoms with Gasteiger partial charge in [-0.1, -0.05) is 41.9 Å². The molecule has 1 fully saturated rings. The van der Waals surface area contributed by atoms with Crippen LogP contribution in [0, 0.1) is 0 Å². The number of anilines is 1. The summed E-state index contributed by atoms with van der Waals surface area (Å²) in [6.45, 7) is 1.26. The second-order valence-corrected chi connectivity index (χ2v) is 10.5. The van der Waals surface area contributed by atoms with Crippen molar-refractivity contribution in [2.75, 3.05) is 11.4 Å². The smallest absolute Gasteiger partial charge is 0.308 e. The lowest BCUT2D eigenvalue weighted by molar-refractivity contribution is -0.132. The van der Waals surface area contributed by atoms with Gasteiger partial charge in [0.05, 0.1) is 17.0 Å². The highest BCUT2D eigenvalue weighted by molar-refractivity contribution is 7.89. The third-order valence-corrected chi connectivity index (χ3v) is 7.89. The fourth-order valence-corrected chi connectivity index (χ4v) is 5.72. The van der Waals surface area contributed by atoms with Gasteiger partial charge in [0.2, 0.25) is 15.9 Å². The molecule has 1 atom stereocenters. The van der Waals surface area contributed by atoms with Crippen molar-refractivity contribution in [3.63, 3.8) is 0 Å². The monoisotopic (exact) mass is 526 g/mol. The number of halogens is 1. The summed E-state index contributed by atoms with van der Waals surface area (Å²) in [6.07, 6.45) is 0.0504. The standard InChI is InChI=1S/C26H23ClN2O6S/c1-18(30)35-22-11-9-21(10-12-22)29-25(31)17-24(26(29)32)28(16-15-19-5-3-2-4-6-19)36(33,34)23-13-7-20(27)8-14-23/h2-14,24H,15-17H2,1H3. The molecule has 36 heavy (non-hydrogen) atoms. The van der Waals surface area contributed by atoms with Crippen LogP contribution in [0.1, 0.15) is 18.9 Å². The van der Waals surface area contributed by atoms with E-state index in [2.05, 4.69) is 0 Å². The minimum Gasteiger partial charge on any atom is -0.427 e. The number of hydrogen-bond donors (Lipinski definition) is 0. The number of nitrogens with zero attached hydrogens (tertiary/aromatic N) is 2. The van der Waals surface area contributed by atoms with E-state index in [0.717, 1.165) is 14.8 Å². The maximum Gasteiger partial charge on any atom is 0.308 e. The summed E-state index contributed by atoms with van der Waals surface area (Å²) in [5.41, 5.74) is 1.15. The third kappa shape index (κ3) is 5.48. The summed E-state index contributed by atoms with van der Waals surface area (Å²) < 4.78 is 33.4. The third-order valence-electron chi connectivity index (χ3n) is 5.71. The van der Waals surface area contributed by atoms with Crippen LogP contribution in [0.4, 0.5) is 5.69 Å². The Morgan fingerprint density at radius 2 is 1.64 bits per heavy atom. The number of sulfonamides is 1. The summed E-state index contributed by atoms with van der Waals surface area (Å²) in [5, 5.41) is 0.375. The molecule has 3 aromatic rings. The molecule has 3 aromatic carbocycles. The molecule has 186 valence electrons. The number of carbonyl (C=O) groups is 3. The van der Waals surface area contributed by atoms with Crippen LogP contribution < -0.4 is 9.64 Å². The Morgan fingerprint density at radius 1 is 1.00 bits per heavy atom. The van der Waals surface area contributed by atoms with Crippen LogP contribution in [0.15, 0.2) is 83.8 Å². The number of carbonyl (C=O) groups excluding carboxylic acids is 3. The molecule has 1 aliphatic rings. The van der Waals surface area contributed by atoms with E-state index in [1.807, 2.05) is 30.3 Å². The molecule has 0 aliphatic carbocycles. The van der Waals surface area contributed by atoms with E-state index in [1.54, 1.807) is 0 Å². The molecule has 8 nitrogen and oxygen atoms in total. The van der Waals surface area contributed by atoms with Crippen LogP contribution in [0.2, 0.25) is 5.02 Å². The first-order valence-corrected chi connectivity index (χ1v) is 13.0. The van der Waals surface area contributed by atoms with E-state index >= 15 is 0 Å². The molecule has 0 spiro atoms. The average Bonchev–Trinajstić information content (AvgIpc) is 3.13. The van der Waals surface area contributed by atoms with E-state index in [0.29, 0.717) is 11.4 Å². The lowest BCUT2D eigenvalue weighted by Crippen LogP contribution is -2.46. The largest absolute Gasteiger partial charge is 0.427 e. The summed E-state index contributed by atoms with van der Waals surface area (Å²) >= 11 is 5.94. The molecule has 1 heterocycles. The van der Waals surface area contributed by atoms with Crippen molar-refractivity contribution < 1.29 is 27.5 Å². The Hall–Kier alpha value is -3.53. The predicted molar refractivity (Wildman–Crippen MR) is 134 cm³/mol. The molecular weight excluding hydrogens is 504 g/mol. The second-order valence-electron chi connectivity index (χ2n) is 8.18. The highest BCUT2D eigenvalue weighted by Crippen LogP contribution is 2.31. The lowest BCUT2D eigenvalue weighted by Gasteiger charge is -2.27. The van der Waals surface area contributed by atoms with E-state index in [4.69, 9.17) is 16.3 Å². The van der Waals surface area contributed by atoms with Crippen LogP contribution in [0.5, 0.6) is 5.75 Å². The zero-order valence-electron chi connectivity index (χ0n) is 19.3. The van der Waals surface area contributed by atoms with Crippen LogP contribution in [-0.4, -0.2) is 43.1 Å². The first kappa shape index (κ1) is 25.6. The highest BCUT2D eigenvalue weighted by Gasteiger charge is 2.46. The van der Waals surface area contributed by atoms with Crippen LogP contribution >= 0.6 is 11.6 Å². The Kier molecular flexibility index (Phi) is 7.53. The molecule has 0 aromatic heterocycles. The van der Waals surface area contributed by atoms with Gasteiger partial charge in [0.25, 0.3) is 5.91 Å². The number of imide groups is 1. The topological polar surface area (TPSA) is 101 Å². The van der Waals surface area contributed by atoms with Gasteiger partial charge in [-0.25, -0.2) is 13.3 Å². The Bertz CT molecular complexity index is 1380. The fraction of sp³-hybridized carbons (Fsp3) is 0.192. The van der Waals surface area contributed by atoms with Gasteiger partial charge in [-0.15, -0.1) is 0 Å². The van der Waals surface area contributed by atoms with Gasteiger partial charge in [-0.05, 0) is 60.5 Å². The van der Waals surface area contributed by atoms with E-state index in [9.17, 15) is 22.8 Å². The van der Waals surface area contributed by atoms with Gasteiger partial charge in [0.15, 0.2) is 0 Å². The molecule has 0 radical (unpaired) electrons. The van der Waals surface area contributed by atoms with Gasteiger partial charge in [-0.2, -0.15) is 4.31 Å². The van der Waals surface area contributed by atoms with Crippen molar-refractivity contribution in [1.29, 1.82) is 0 Å². The molecule has 0 saturated carbocycles. The van der Waals surface area contributed by atoms with Crippen molar-refractivity contribution in [3.8, 4) is 5.75 Å². The first-order chi connectivity index (χ1) is 17.2. The normalized spacial score (nSPS) is 16.0. The van der Waals surface area contributed by atoms with Crippen LogP contribution in [0.25, 0.3) is 0 Å². The lowest BCUT2D eigenvalue weighted by atomic mass is 10.1. The molecule has 1 saturated heterocycles. The van der Waals surface area contributed by atoms with Gasteiger partial charge >= 0.3 is 5.97 Å². The average molecular weight is 527 g/mol. The zero-order valence-corrected chi connectivity index (χ0v) is 20.9. The Labute approximate surface area is 214 Å². The Morgan fingerprint density at radius 3 is 2.25 bits per heavy atom. The zero-order chi connectivity index (χ0) is 25.9. The molecule has 0 N–H and O–H groups in total. The van der Waals surface area contributed by atoms with Crippen molar-refractivity contribution in [2.45, 2.75) is 30.7 Å². The van der Waals surface area contributed by atoms with Crippen molar-refractivity contribution in [1.82, 2.24) is 4.31 Å². The fourth-order valence-electron chi connectivity index (χ4n) is 4.01. The maximum absolute atomic E-state index is 13.6. The van der Waals surface area contributed by atoms with Gasteiger partial charge in [-0.3, -0.25) is 14.4 Å². The van der Waals surface area contributed by atoms with Crippen molar-refractivity contribution >= 4 is 45.1 Å². The minimum absolute atomic E-state index is 0.00209. The molecule has 0 bridgehead atoms. The maximum atomic E-state index is 13.6. The molecule has 4 rings (SSSR count). The molecule has 10 heteroatoms.